The third-order valence-electron chi connectivity index (χ3n) is 2.71. The zero-order valence-corrected chi connectivity index (χ0v) is 12.5. The van der Waals surface area contributed by atoms with E-state index in [0.717, 1.165) is 5.56 Å². The average molecular weight is 352 g/mol. The number of hydrogen-bond acceptors (Lipinski definition) is 4. The molecule has 0 bridgehead atoms. The van der Waals surface area contributed by atoms with E-state index in [-0.39, 0.29) is 17.0 Å². The second-order valence-electron chi connectivity index (χ2n) is 4.28. The van der Waals surface area contributed by atoms with E-state index in [4.69, 9.17) is 9.84 Å². The molecule has 6 nitrogen and oxygen atoms in total. The Morgan fingerprint density at radius 1 is 1.29 bits per heavy atom. The minimum Gasteiger partial charge on any atom is -0.478 e. The molecule has 0 aliphatic rings. The van der Waals surface area contributed by atoms with Gasteiger partial charge in [-0.2, -0.15) is 0 Å². The second-order valence-corrected chi connectivity index (χ2v) is 5.13. The minimum absolute atomic E-state index is 0.0840. The molecule has 0 saturated heterocycles. The molecule has 0 heterocycles. The smallest absolute Gasteiger partial charge is 0.336 e. The molecule has 108 valence electrons. The Labute approximate surface area is 128 Å². The molecular weight excluding hydrogens is 342 g/mol. The van der Waals surface area contributed by atoms with E-state index in [1.807, 2.05) is 0 Å². The standard InChI is InChI=1S/C14H10BrNO5/c1-8-2-5-13(12(6-8)16(19)20)21-9-3-4-10(14(17)18)11(15)7-9/h2-7H,1H3,(H,17,18). The first-order valence-electron chi connectivity index (χ1n) is 5.84. The monoisotopic (exact) mass is 351 g/mol. The van der Waals surface area contributed by atoms with Gasteiger partial charge in [-0.1, -0.05) is 6.07 Å². The Morgan fingerprint density at radius 3 is 2.57 bits per heavy atom. The summed E-state index contributed by atoms with van der Waals surface area (Å²) in [5.74, 6) is -0.672. The van der Waals surface area contributed by atoms with Gasteiger partial charge in [0, 0.05) is 10.5 Å². The van der Waals surface area contributed by atoms with Gasteiger partial charge in [0.25, 0.3) is 0 Å². The summed E-state index contributed by atoms with van der Waals surface area (Å²) in [4.78, 5) is 21.4. The fraction of sp³-hybridized carbons (Fsp3) is 0.0714. The molecule has 0 fully saturated rings. The molecule has 7 heteroatoms. The largest absolute Gasteiger partial charge is 0.478 e. The number of carbonyl (C=O) groups is 1. The van der Waals surface area contributed by atoms with Gasteiger partial charge in [0.15, 0.2) is 0 Å². The predicted octanol–water partition coefficient (Wildman–Crippen LogP) is 4.16. The van der Waals surface area contributed by atoms with Crippen molar-refractivity contribution < 1.29 is 19.6 Å². The van der Waals surface area contributed by atoms with Crippen LogP contribution < -0.4 is 4.74 Å². The van der Waals surface area contributed by atoms with Crippen molar-refractivity contribution in [2.45, 2.75) is 6.92 Å². The second kappa shape index (κ2) is 5.92. The molecule has 0 aromatic heterocycles. The van der Waals surface area contributed by atoms with Gasteiger partial charge in [0.1, 0.15) is 5.75 Å². The Bertz CT molecular complexity index is 729. The number of benzene rings is 2. The number of rotatable bonds is 4. The maximum Gasteiger partial charge on any atom is 0.336 e. The van der Waals surface area contributed by atoms with Crippen LogP contribution in [0.3, 0.4) is 0 Å². The molecular formula is C14H10BrNO5. The lowest BCUT2D eigenvalue weighted by Crippen LogP contribution is -1.98. The molecule has 0 unspecified atom stereocenters. The molecule has 0 amide bonds. The van der Waals surface area contributed by atoms with E-state index < -0.39 is 10.9 Å². The highest BCUT2D eigenvalue weighted by Crippen LogP contribution is 2.33. The van der Waals surface area contributed by atoms with Crippen LogP contribution in [0.25, 0.3) is 0 Å². The fourth-order valence-electron chi connectivity index (χ4n) is 1.72. The van der Waals surface area contributed by atoms with Gasteiger partial charge in [-0.15, -0.1) is 0 Å². The van der Waals surface area contributed by atoms with E-state index in [1.54, 1.807) is 13.0 Å². The van der Waals surface area contributed by atoms with E-state index in [1.165, 1.54) is 30.3 Å². The summed E-state index contributed by atoms with van der Waals surface area (Å²) < 4.78 is 5.81. The molecule has 2 rings (SSSR count). The van der Waals surface area contributed by atoms with Crippen molar-refractivity contribution in [1.82, 2.24) is 0 Å². The Hall–Kier alpha value is -2.41. The lowest BCUT2D eigenvalue weighted by atomic mass is 10.2. The molecule has 0 saturated carbocycles. The normalized spacial score (nSPS) is 10.2. The lowest BCUT2D eigenvalue weighted by Gasteiger charge is -2.08. The van der Waals surface area contributed by atoms with Crippen LogP contribution in [-0.4, -0.2) is 16.0 Å². The van der Waals surface area contributed by atoms with Gasteiger partial charge in [-0.05, 0) is 52.7 Å². The van der Waals surface area contributed by atoms with Gasteiger partial charge >= 0.3 is 11.7 Å². The molecule has 0 radical (unpaired) electrons. The van der Waals surface area contributed by atoms with Crippen LogP contribution in [0.4, 0.5) is 5.69 Å². The Kier molecular flexibility index (Phi) is 4.23. The van der Waals surface area contributed by atoms with Crippen molar-refractivity contribution in [3.8, 4) is 11.5 Å². The summed E-state index contributed by atoms with van der Waals surface area (Å²) in [6, 6.07) is 8.87. The van der Waals surface area contributed by atoms with Gasteiger partial charge in [0.05, 0.1) is 10.5 Å². The summed E-state index contributed by atoms with van der Waals surface area (Å²) >= 11 is 3.13. The Balaban J connectivity index is 2.37. The van der Waals surface area contributed by atoms with E-state index in [9.17, 15) is 14.9 Å². The third-order valence-corrected chi connectivity index (χ3v) is 3.37. The third kappa shape index (κ3) is 3.38. The number of aryl methyl sites for hydroxylation is 1. The first kappa shape index (κ1) is 15.0. The van der Waals surface area contributed by atoms with Crippen LogP contribution in [0.1, 0.15) is 15.9 Å². The molecule has 2 aromatic carbocycles. The highest BCUT2D eigenvalue weighted by molar-refractivity contribution is 9.10. The van der Waals surface area contributed by atoms with Crippen LogP contribution in [0.5, 0.6) is 11.5 Å². The number of nitrogens with zero attached hydrogens (tertiary/aromatic N) is 1. The number of nitro groups is 1. The van der Waals surface area contributed by atoms with Crippen LogP contribution in [0.15, 0.2) is 40.9 Å². The van der Waals surface area contributed by atoms with Crippen molar-refractivity contribution >= 4 is 27.6 Å². The molecule has 0 atom stereocenters. The van der Waals surface area contributed by atoms with Crippen LogP contribution in [-0.2, 0) is 0 Å². The summed E-state index contributed by atoms with van der Waals surface area (Å²) in [7, 11) is 0. The number of halogens is 1. The molecule has 0 aliphatic carbocycles. The molecule has 1 N–H and O–H groups in total. The van der Waals surface area contributed by atoms with Crippen molar-refractivity contribution in [1.29, 1.82) is 0 Å². The lowest BCUT2D eigenvalue weighted by molar-refractivity contribution is -0.385. The topological polar surface area (TPSA) is 89.7 Å². The number of carboxylic acids is 1. The predicted molar refractivity (Wildman–Crippen MR) is 79.0 cm³/mol. The first-order chi connectivity index (χ1) is 9.88. The minimum atomic E-state index is -1.07. The summed E-state index contributed by atoms with van der Waals surface area (Å²) in [6.45, 7) is 1.75. The zero-order valence-electron chi connectivity index (χ0n) is 10.9. The quantitative estimate of drug-likeness (QED) is 0.659. The van der Waals surface area contributed by atoms with Gasteiger partial charge < -0.3 is 9.84 Å². The van der Waals surface area contributed by atoms with Crippen LogP contribution in [0, 0.1) is 17.0 Å². The summed E-state index contributed by atoms with van der Waals surface area (Å²) in [5, 5.41) is 19.9. The molecule has 2 aromatic rings. The maximum absolute atomic E-state index is 11.0. The van der Waals surface area contributed by atoms with Crippen molar-refractivity contribution in [3.63, 3.8) is 0 Å². The number of aromatic carboxylic acids is 1. The number of carboxylic acid groups (broad SMARTS) is 1. The van der Waals surface area contributed by atoms with Crippen LogP contribution in [0.2, 0.25) is 0 Å². The van der Waals surface area contributed by atoms with E-state index in [0.29, 0.717) is 10.2 Å². The highest BCUT2D eigenvalue weighted by atomic mass is 79.9. The fourth-order valence-corrected chi connectivity index (χ4v) is 2.24. The number of ether oxygens (including phenoxy) is 1. The first-order valence-corrected chi connectivity index (χ1v) is 6.63. The van der Waals surface area contributed by atoms with Crippen molar-refractivity contribution in [2.75, 3.05) is 0 Å². The van der Waals surface area contributed by atoms with E-state index in [2.05, 4.69) is 15.9 Å². The van der Waals surface area contributed by atoms with Crippen molar-refractivity contribution in [3.05, 3.63) is 62.1 Å². The molecule has 0 aliphatic heterocycles. The van der Waals surface area contributed by atoms with Gasteiger partial charge in [-0.3, -0.25) is 10.1 Å². The average Bonchev–Trinajstić information content (AvgIpc) is 2.40. The molecule has 0 spiro atoms. The van der Waals surface area contributed by atoms with Gasteiger partial charge in [-0.25, -0.2) is 4.79 Å². The van der Waals surface area contributed by atoms with Crippen LogP contribution >= 0.6 is 15.9 Å². The summed E-state index contributed by atoms with van der Waals surface area (Å²) in [6.07, 6.45) is 0. The van der Waals surface area contributed by atoms with Crippen molar-refractivity contribution in [2.24, 2.45) is 0 Å². The highest BCUT2D eigenvalue weighted by Gasteiger charge is 2.17. The number of hydrogen-bond donors (Lipinski definition) is 1. The van der Waals surface area contributed by atoms with E-state index >= 15 is 0 Å². The summed E-state index contributed by atoms with van der Waals surface area (Å²) in [5.41, 5.74) is 0.686. The SMILES string of the molecule is Cc1ccc(Oc2ccc(C(=O)O)c(Br)c2)c([N+](=O)[O-])c1. The maximum atomic E-state index is 11.0. The van der Waals surface area contributed by atoms with Gasteiger partial charge in [0.2, 0.25) is 5.75 Å². The Morgan fingerprint density at radius 2 is 2.00 bits per heavy atom. The number of nitro benzene ring substituents is 1. The molecule has 21 heavy (non-hydrogen) atoms. The zero-order chi connectivity index (χ0) is 15.6.